The van der Waals surface area contributed by atoms with E-state index < -0.39 is 7.34 Å². The molecule has 3 heterocycles. The Morgan fingerprint density at radius 3 is 2.58 bits per heavy atom. The third-order valence-corrected chi connectivity index (χ3v) is 11.6. The van der Waals surface area contributed by atoms with Crippen molar-refractivity contribution in [3.05, 3.63) is 39.3 Å². The van der Waals surface area contributed by atoms with Crippen molar-refractivity contribution in [1.29, 1.82) is 0 Å². The standard InChI is InChI=1S/C25H35I2N4OP/c1-4-16-11-20(25(2,26)27)21-13-31(24(32)33(21)14-16)19-10-6-9-18(12-19)22(17-7-5-8-17)23-29-28-15-30(23)3/h11,13-15,17-19,22-23,29H,4-10,12H2,1-3H3/t18?,19?,22-,23?,33?/m1/s1. The molecular weight excluding hydrogens is 657 g/mol. The summed E-state index contributed by atoms with van der Waals surface area (Å²) < 4.78 is 2.17. The monoisotopic (exact) mass is 692 g/mol. The third kappa shape index (κ3) is 4.64. The lowest BCUT2D eigenvalue weighted by Crippen LogP contribution is -2.49. The van der Waals surface area contributed by atoms with E-state index >= 15 is 0 Å². The van der Waals surface area contributed by atoms with E-state index in [4.69, 9.17) is 0 Å². The fourth-order valence-corrected chi connectivity index (χ4v) is 9.95. The highest BCUT2D eigenvalue weighted by molar-refractivity contribution is 14.2. The van der Waals surface area contributed by atoms with Crippen LogP contribution in [-0.4, -0.2) is 29.0 Å². The number of hydrazone groups is 1. The highest BCUT2D eigenvalue weighted by atomic mass is 127. The van der Waals surface area contributed by atoms with E-state index in [-0.39, 0.29) is 1.43 Å². The zero-order chi connectivity index (χ0) is 23.3. The fraction of sp³-hybridized carbons (Fsp3) is 0.680. The molecule has 2 aliphatic carbocycles. The number of alkyl halides is 2. The molecule has 2 aromatic rings. The van der Waals surface area contributed by atoms with Gasteiger partial charge >= 0.3 is 0 Å². The summed E-state index contributed by atoms with van der Waals surface area (Å²) in [6.45, 7) is 4.46. The van der Waals surface area contributed by atoms with Crippen LogP contribution in [0.4, 0.5) is 0 Å². The summed E-state index contributed by atoms with van der Waals surface area (Å²) in [6, 6.07) is 2.68. The molecule has 2 fully saturated rings. The van der Waals surface area contributed by atoms with Crippen molar-refractivity contribution in [3.8, 4) is 0 Å². The maximum atomic E-state index is 13.7. The molecule has 1 aliphatic heterocycles. The van der Waals surface area contributed by atoms with Crippen LogP contribution in [0.5, 0.6) is 0 Å². The number of hydrogen-bond donors (Lipinski definition) is 1. The molecule has 2 saturated carbocycles. The molecule has 0 spiro atoms. The molecule has 0 bridgehead atoms. The summed E-state index contributed by atoms with van der Waals surface area (Å²) in [7, 11) is 1.28. The molecule has 8 heteroatoms. The lowest BCUT2D eigenvalue weighted by molar-refractivity contribution is 0.0398. The van der Waals surface area contributed by atoms with Crippen molar-refractivity contribution in [2.75, 3.05) is 7.05 Å². The lowest BCUT2D eigenvalue weighted by atomic mass is 9.65. The molecule has 5 nitrogen and oxygen atoms in total. The van der Waals surface area contributed by atoms with Crippen LogP contribution in [-0.2, 0) is 7.85 Å². The van der Waals surface area contributed by atoms with Gasteiger partial charge in [0.15, 0.2) is 0 Å². The number of aryl methyl sites for hydroxylation is 1. The minimum atomic E-state index is -0.876. The molecule has 180 valence electrons. The molecule has 0 aromatic carbocycles. The second kappa shape index (κ2) is 9.64. The minimum Gasteiger partial charge on any atom is -0.342 e. The number of halogens is 2. The molecule has 0 amide bonds. The van der Waals surface area contributed by atoms with Gasteiger partial charge in [-0.1, -0.05) is 83.9 Å². The van der Waals surface area contributed by atoms with Gasteiger partial charge in [-0.15, -0.1) is 0 Å². The number of nitrogens with one attached hydrogen (secondary N) is 1. The number of rotatable bonds is 6. The Kier molecular flexibility index (Phi) is 7.13. The van der Waals surface area contributed by atoms with Gasteiger partial charge in [0.25, 0.3) is 5.29 Å². The van der Waals surface area contributed by atoms with E-state index in [2.05, 4.69) is 104 Å². The molecule has 2 aromatic heterocycles. The molecule has 5 rings (SSSR count). The normalized spacial score (nSPS) is 27.6. The van der Waals surface area contributed by atoms with Crippen LogP contribution in [0.15, 0.2) is 28.0 Å². The summed E-state index contributed by atoms with van der Waals surface area (Å²) >= 11 is 5.06. The highest BCUT2D eigenvalue weighted by Gasteiger charge is 2.43. The smallest absolute Gasteiger partial charge is 0.272 e. The van der Waals surface area contributed by atoms with E-state index in [1.807, 2.05) is 6.34 Å². The third-order valence-electron chi connectivity index (χ3n) is 8.30. The van der Waals surface area contributed by atoms with Crippen LogP contribution in [0.2, 0.25) is 0 Å². The topological polar surface area (TPSA) is 49.6 Å². The van der Waals surface area contributed by atoms with E-state index in [0.29, 0.717) is 29.3 Å². The van der Waals surface area contributed by atoms with Crippen LogP contribution in [0.1, 0.15) is 76.0 Å². The Hall–Kier alpha value is -0.280. The van der Waals surface area contributed by atoms with Gasteiger partial charge in [-0.25, -0.2) is 0 Å². The van der Waals surface area contributed by atoms with Crippen molar-refractivity contribution in [2.45, 2.75) is 78.9 Å². The Balaban J connectivity index is 1.48. The van der Waals surface area contributed by atoms with E-state index in [1.54, 1.807) is 0 Å². The van der Waals surface area contributed by atoms with Gasteiger partial charge in [0.05, 0.1) is 1.43 Å². The predicted molar refractivity (Wildman–Crippen MR) is 156 cm³/mol. The van der Waals surface area contributed by atoms with Gasteiger partial charge in [0, 0.05) is 30.3 Å². The summed E-state index contributed by atoms with van der Waals surface area (Å²) in [6.07, 6.45) is 14.3. The van der Waals surface area contributed by atoms with Gasteiger partial charge in [-0.3, -0.25) is 10.2 Å². The molecule has 0 saturated heterocycles. The van der Waals surface area contributed by atoms with Crippen LogP contribution in [0.25, 0.3) is 5.12 Å². The maximum absolute atomic E-state index is 13.7. The molecular formula is C25H35I2N4OP. The Labute approximate surface area is 225 Å². The molecule has 5 atom stereocenters. The summed E-state index contributed by atoms with van der Waals surface area (Å²) in [5.74, 6) is 4.34. The van der Waals surface area contributed by atoms with Crippen LogP contribution >= 0.6 is 52.5 Å². The Bertz CT molecular complexity index is 1100. The molecule has 1 N–H and O–H groups in total. The first-order chi connectivity index (χ1) is 15.8. The average molecular weight is 692 g/mol. The lowest BCUT2D eigenvalue weighted by Gasteiger charge is -2.46. The van der Waals surface area contributed by atoms with Crippen molar-refractivity contribution < 1.29 is 0 Å². The zero-order valence-corrected chi connectivity index (χ0v) is 25.0. The Morgan fingerprint density at radius 1 is 1.24 bits per heavy atom. The number of hydrogen-bond acceptors (Lipinski definition) is 4. The van der Waals surface area contributed by atoms with Crippen molar-refractivity contribution in [3.63, 3.8) is 0 Å². The fourth-order valence-electron chi connectivity index (χ4n) is 6.32. The van der Waals surface area contributed by atoms with Crippen molar-refractivity contribution in [2.24, 2.45) is 22.9 Å². The molecule has 33 heavy (non-hydrogen) atoms. The predicted octanol–water partition coefficient (Wildman–Crippen LogP) is 6.84. The second-order valence-electron chi connectivity index (χ2n) is 10.4. The SMILES string of the molecule is CCc1cc(C(C)(I)I)c2cn(C3CCCC([C@@H](C4CCC4)C4NN=CN4C)C3)c(=O)p2c1. The number of aromatic nitrogens is 1. The van der Waals surface area contributed by atoms with Gasteiger partial charge < -0.3 is 9.47 Å². The van der Waals surface area contributed by atoms with Gasteiger partial charge in [-0.2, -0.15) is 5.10 Å². The van der Waals surface area contributed by atoms with E-state index in [1.165, 1.54) is 48.3 Å². The number of nitrogens with zero attached hydrogens (tertiary/aromatic N) is 3. The number of fused-ring (bicyclic) bond motifs is 1. The minimum absolute atomic E-state index is 0.00392. The first-order valence-electron chi connectivity index (χ1n) is 12.4. The van der Waals surface area contributed by atoms with Gasteiger partial charge in [0.2, 0.25) is 0 Å². The van der Waals surface area contributed by atoms with Crippen LogP contribution in [0, 0.1) is 17.8 Å². The van der Waals surface area contributed by atoms with E-state index in [0.717, 1.165) is 25.2 Å². The molecule has 4 unspecified atom stereocenters. The first kappa shape index (κ1) is 24.4. The van der Waals surface area contributed by atoms with Gasteiger partial charge in [0.1, 0.15) is 12.5 Å². The highest BCUT2D eigenvalue weighted by Crippen LogP contribution is 2.49. The summed E-state index contributed by atoms with van der Waals surface area (Å²) in [4.78, 5) is 16.0. The molecule has 0 radical (unpaired) electrons. The summed E-state index contributed by atoms with van der Waals surface area (Å²) in [5, 5.41) is 6.02. The quantitative estimate of drug-likeness (QED) is 0.267. The van der Waals surface area contributed by atoms with Crippen molar-refractivity contribution in [1.82, 2.24) is 14.9 Å². The first-order valence-corrected chi connectivity index (χ1v) is 16.0. The zero-order valence-electron chi connectivity index (χ0n) is 19.8. The van der Waals surface area contributed by atoms with Gasteiger partial charge in [-0.05, 0) is 68.7 Å². The maximum Gasteiger partial charge on any atom is 0.272 e. The van der Waals surface area contributed by atoms with E-state index in [9.17, 15) is 4.79 Å². The van der Waals surface area contributed by atoms with Crippen LogP contribution < -0.4 is 10.7 Å². The summed E-state index contributed by atoms with van der Waals surface area (Å²) in [5.41, 5.74) is 6.08. The largest absolute Gasteiger partial charge is 0.342 e. The van der Waals surface area contributed by atoms with Crippen LogP contribution in [0.3, 0.4) is 0 Å². The average Bonchev–Trinajstić information content (AvgIpc) is 3.32. The second-order valence-corrected chi connectivity index (χ2v) is 18.7. The Morgan fingerprint density at radius 2 is 1.97 bits per heavy atom. The molecule has 3 aliphatic rings. The van der Waals surface area contributed by atoms with Crippen molar-refractivity contribution >= 4 is 64.0 Å².